The maximum absolute atomic E-state index is 6.31. The van der Waals surface area contributed by atoms with E-state index in [1.54, 1.807) is 0 Å². The Bertz CT molecular complexity index is 533. The quantitative estimate of drug-likeness (QED) is 0.789. The number of aryl methyl sites for hydroxylation is 1. The molecule has 0 spiro atoms. The highest BCUT2D eigenvalue weighted by Crippen LogP contribution is 2.28. The Kier molecular flexibility index (Phi) is 5.63. The number of rotatable bonds is 6. The SMILES string of the molecule is CCCCc1ccc(C(NC)c2ccccc2Cl)cc1. The van der Waals surface area contributed by atoms with Gasteiger partial charge < -0.3 is 5.32 Å². The predicted octanol–water partition coefficient (Wildman–Crippen LogP) is 4.99. The van der Waals surface area contributed by atoms with Crippen molar-refractivity contribution in [1.29, 1.82) is 0 Å². The molecule has 0 saturated carbocycles. The lowest BCUT2D eigenvalue weighted by atomic mass is 9.97. The van der Waals surface area contributed by atoms with Crippen LogP contribution in [0.1, 0.15) is 42.5 Å². The van der Waals surface area contributed by atoms with Gasteiger partial charge in [0.05, 0.1) is 6.04 Å². The van der Waals surface area contributed by atoms with E-state index < -0.39 is 0 Å². The second-order valence-electron chi connectivity index (χ2n) is 5.09. The molecule has 0 aliphatic rings. The summed E-state index contributed by atoms with van der Waals surface area (Å²) in [5.74, 6) is 0. The van der Waals surface area contributed by atoms with Gasteiger partial charge in [0.1, 0.15) is 0 Å². The minimum absolute atomic E-state index is 0.143. The lowest BCUT2D eigenvalue weighted by molar-refractivity contribution is 0.691. The molecule has 0 heterocycles. The Morgan fingerprint density at radius 2 is 1.75 bits per heavy atom. The van der Waals surface area contributed by atoms with E-state index in [1.807, 2.05) is 25.2 Å². The molecular formula is C18H22ClN. The van der Waals surface area contributed by atoms with Crippen LogP contribution in [-0.2, 0) is 6.42 Å². The molecule has 0 amide bonds. The minimum atomic E-state index is 0.143. The van der Waals surface area contributed by atoms with Crippen LogP contribution in [-0.4, -0.2) is 7.05 Å². The lowest BCUT2D eigenvalue weighted by Crippen LogP contribution is -2.18. The van der Waals surface area contributed by atoms with Gasteiger partial charge in [-0.2, -0.15) is 0 Å². The molecule has 0 radical (unpaired) electrons. The van der Waals surface area contributed by atoms with Crippen LogP contribution < -0.4 is 5.32 Å². The number of hydrogen-bond acceptors (Lipinski definition) is 1. The summed E-state index contributed by atoms with van der Waals surface area (Å²) >= 11 is 6.31. The van der Waals surface area contributed by atoms with Crippen LogP contribution in [0.4, 0.5) is 0 Å². The molecule has 0 bridgehead atoms. The predicted molar refractivity (Wildman–Crippen MR) is 87.4 cm³/mol. The van der Waals surface area contributed by atoms with Crippen LogP contribution in [0.15, 0.2) is 48.5 Å². The van der Waals surface area contributed by atoms with Gasteiger partial charge >= 0.3 is 0 Å². The molecule has 20 heavy (non-hydrogen) atoms. The molecule has 2 heteroatoms. The Morgan fingerprint density at radius 1 is 1.05 bits per heavy atom. The number of nitrogens with one attached hydrogen (secondary N) is 1. The first kappa shape index (κ1) is 15.1. The van der Waals surface area contributed by atoms with Crippen molar-refractivity contribution in [3.8, 4) is 0 Å². The molecule has 0 aliphatic carbocycles. The van der Waals surface area contributed by atoms with Gasteiger partial charge in [-0.1, -0.05) is 67.4 Å². The highest BCUT2D eigenvalue weighted by molar-refractivity contribution is 6.31. The average Bonchev–Trinajstić information content (AvgIpc) is 2.49. The summed E-state index contributed by atoms with van der Waals surface area (Å²) in [7, 11) is 1.97. The van der Waals surface area contributed by atoms with E-state index >= 15 is 0 Å². The van der Waals surface area contributed by atoms with E-state index in [2.05, 4.69) is 42.6 Å². The number of hydrogen-bond donors (Lipinski definition) is 1. The van der Waals surface area contributed by atoms with Crippen molar-refractivity contribution in [3.63, 3.8) is 0 Å². The summed E-state index contributed by atoms with van der Waals surface area (Å²) in [4.78, 5) is 0. The van der Waals surface area contributed by atoms with Crippen molar-refractivity contribution in [1.82, 2.24) is 5.32 Å². The maximum atomic E-state index is 6.31. The van der Waals surface area contributed by atoms with Crippen molar-refractivity contribution >= 4 is 11.6 Å². The Labute approximate surface area is 127 Å². The normalized spacial score (nSPS) is 12.3. The van der Waals surface area contributed by atoms with E-state index in [1.165, 1.54) is 24.0 Å². The third kappa shape index (κ3) is 3.62. The topological polar surface area (TPSA) is 12.0 Å². The molecule has 106 valence electrons. The van der Waals surface area contributed by atoms with Crippen LogP contribution in [0.3, 0.4) is 0 Å². The number of halogens is 1. The lowest BCUT2D eigenvalue weighted by Gasteiger charge is -2.19. The maximum Gasteiger partial charge on any atom is 0.0589 e. The summed E-state index contributed by atoms with van der Waals surface area (Å²) in [6.07, 6.45) is 3.65. The average molecular weight is 288 g/mol. The summed E-state index contributed by atoms with van der Waals surface area (Å²) in [6, 6.07) is 17.0. The minimum Gasteiger partial charge on any atom is -0.309 e. The van der Waals surface area contributed by atoms with Crippen LogP contribution in [0.5, 0.6) is 0 Å². The first-order valence-corrected chi connectivity index (χ1v) is 7.64. The van der Waals surface area contributed by atoms with Crippen LogP contribution in [0, 0.1) is 0 Å². The molecular weight excluding hydrogens is 266 g/mol. The van der Waals surface area contributed by atoms with Gasteiger partial charge in [-0.15, -0.1) is 0 Å². The number of benzene rings is 2. The van der Waals surface area contributed by atoms with Gasteiger partial charge in [-0.3, -0.25) is 0 Å². The van der Waals surface area contributed by atoms with Gasteiger partial charge in [-0.25, -0.2) is 0 Å². The third-order valence-corrected chi connectivity index (χ3v) is 3.98. The standard InChI is InChI=1S/C18H22ClN/c1-3-4-7-14-10-12-15(13-11-14)18(20-2)16-8-5-6-9-17(16)19/h5-6,8-13,18,20H,3-4,7H2,1-2H3. The molecule has 0 saturated heterocycles. The van der Waals surface area contributed by atoms with Gasteiger partial charge in [0.25, 0.3) is 0 Å². The number of unbranched alkanes of at least 4 members (excludes halogenated alkanes) is 1. The molecule has 1 N–H and O–H groups in total. The summed E-state index contributed by atoms with van der Waals surface area (Å²) < 4.78 is 0. The molecule has 2 aromatic rings. The zero-order chi connectivity index (χ0) is 14.4. The highest BCUT2D eigenvalue weighted by atomic mass is 35.5. The summed E-state index contributed by atoms with van der Waals surface area (Å²) in [6.45, 7) is 2.23. The monoisotopic (exact) mass is 287 g/mol. The van der Waals surface area contributed by atoms with E-state index in [9.17, 15) is 0 Å². The molecule has 1 atom stereocenters. The molecule has 2 aromatic carbocycles. The van der Waals surface area contributed by atoms with E-state index in [0.29, 0.717) is 0 Å². The van der Waals surface area contributed by atoms with E-state index in [0.717, 1.165) is 17.0 Å². The van der Waals surface area contributed by atoms with Crippen molar-refractivity contribution < 1.29 is 0 Å². The molecule has 0 aromatic heterocycles. The zero-order valence-electron chi connectivity index (χ0n) is 12.2. The first-order valence-electron chi connectivity index (χ1n) is 7.26. The summed E-state index contributed by atoms with van der Waals surface area (Å²) in [5, 5.41) is 4.16. The van der Waals surface area contributed by atoms with E-state index in [-0.39, 0.29) is 6.04 Å². The second-order valence-corrected chi connectivity index (χ2v) is 5.50. The second kappa shape index (κ2) is 7.47. The van der Waals surface area contributed by atoms with Gasteiger partial charge in [0, 0.05) is 5.02 Å². The smallest absolute Gasteiger partial charge is 0.0589 e. The fourth-order valence-electron chi connectivity index (χ4n) is 2.47. The fourth-order valence-corrected chi connectivity index (χ4v) is 2.71. The Balaban J connectivity index is 2.22. The van der Waals surface area contributed by atoms with Gasteiger partial charge in [-0.05, 0) is 42.6 Å². The van der Waals surface area contributed by atoms with Gasteiger partial charge in [0.15, 0.2) is 0 Å². The van der Waals surface area contributed by atoms with Crippen molar-refractivity contribution in [3.05, 3.63) is 70.2 Å². The van der Waals surface area contributed by atoms with Crippen molar-refractivity contribution in [2.45, 2.75) is 32.2 Å². The molecule has 0 aliphatic heterocycles. The Hall–Kier alpha value is -1.31. The van der Waals surface area contributed by atoms with E-state index in [4.69, 9.17) is 11.6 Å². The molecule has 0 fully saturated rings. The third-order valence-electron chi connectivity index (χ3n) is 3.64. The van der Waals surface area contributed by atoms with Crippen LogP contribution in [0.2, 0.25) is 5.02 Å². The highest BCUT2D eigenvalue weighted by Gasteiger charge is 2.14. The molecule has 1 unspecified atom stereocenters. The van der Waals surface area contributed by atoms with Crippen LogP contribution in [0.25, 0.3) is 0 Å². The fraction of sp³-hybridized carbons (Fsp3) is 0.333. The molecule has 2 rings (SSSR count). The zero-order valence-corrected chi connectivity index (χ0v) is 13.0. The first-order chi connectivity index (χ1) is 9.76. The Morgan fingerprint density at radius 3 is 2.35 bits per heavy atom. The molecule has 1 nitrogen and oxygen atoms in total. The van der Waals surface area contributed by atoms with Gasteiger partial charge in [0.2, 0.25) is 0 Å². The van der Waals surface area contributed by atoms with Crippen molar-refractivity contribution in [2.24, 2.45) is 0 Å². The summed E-state index contributed by atoms with van der Waals surface area (Å²) in [5.41, 5.74) is 3.78. The van der Waals surface area contributed by atoms with Crippen LogP contribution >= 0.6 is 11.6 Å². The van der Waals surface area contributed by atoms with Crippen molar-refractivity contribution in [2.75, 3.05) is 7.05 Å². The largest absolute Gasteiger partial charge is 0.309 e.